The molecular formula is C19H16Cl2N4O3. The van der Waals surface area contributed by atoms with Crippen molar-refractivity contribution in [1.29, 1.82) is 0 Å². The second kappa shape index (κ2) is 7.43. The highest BCUT2D eigenvalue weighted by Crippen LogP contribution is 2.32. The van der Waals surface area contributed by atoms with Crippen LogP contribution in [0.4, 0.5) is 5.69 Å². The molecule has 28 heavy (non-hydrogen) atoms. The Kier molecular flexibility index (Phi) is 4.97. The van der Waals surface area contributed by atoms with Gasteiger partial charge in [0.25, 0.3) is 5.91 Å². The molecule has 1 aliphatic carbocycles. The summed E-state index contributed by atoms with van der Waals surface area (Å²) in [6.45, 7) is 0. The van der Waals surface area contributed by atoms with Crippen LogP contribution in [-0.2, 0) is 12.8 Å². The molecule has 3 aromatic rings. The standard InChI is InChI=1S/C19H16Cl2N4O3/c20-15-6-5-14(28-15)17-16(21)18(25-24-17)19(27)23-13-4-1-9-7-10(22)2-3-11(9)12(13)8-26/h1,4-6,8,10H,2-3,7,22H2,(H,23,27)(H,24,25)/t10-/m0/s1. The highest BCUT2D eigenvalue weighted by Gasteiger charge is 2.24. The third-order valence-corrected chi connectivity index (χ3v) is 5.38. The first-order chi connectivity index (χ1) is 13.5. The van der Waals surface area contributed by atoms with E-state index < -0.39 is 5.91 Å². The third kappa shape index (κ3) is 3.32. The number of furan rings is 1. The molecule has 0 saturated carbocycles. The minimum atomic E-state index is -0.517. The van der Waals surface area contributed by atoms with E-state index in [1.165, 1.54) is 0 Å². The number of rotatable bonds is 4. The quantitative estimate of drug-likeness (QED) is 0.556. The van der Waals surface area contributed by atoms with Crippen LogP contribution >= 0.6 is 23.2 Å². The van der Waals surface area contributed by atoms with Crippen LogP contribution in [0, 0.1) is 0 Å². The lowest BCUT2D eigenvalue weighted by Gasteiger charge is -2.24. The smallest absolute Gasteiger partial charge is 0.275 e. The van der Waals surface area contributed by atoms with Crippen molar-refractivity contribution < 1.29 is 14.0 Å². The summed E-state index contributed by atoms with van der Waals surface area (Å²) in [5.74, 6) is -0.180. The maximum absolute atomic E-state index is 12.7. The number of nitrogens with one attached hydrogen (secondary N) is 2. The molecule has 2 heterocycles. The number of nitrogens with two attached hydrogens (primary N) is 1. The summed E-state index contributed by atoms with van der Waals surface area (Å²) in [6, 6.07) is 6.84. The fourth-order valence-corrected chi connectivity index (χ4v) is 3.83. The number of nitrogens with zero attached hydrogens (tertiary/aromatic N) is 1. The maximum atomic E-state index is 12.7. The second-order valence-corrected chi connectivity index (χ2v) is 7.35. The molecule has 0 bridgehead atoms. The second-order valence-electron chi connectivity index (χ2n) is 6.60. The number of hydrogen-bond acceptors (Lipinski definition) is 5. The summed E-state index contributed by atoms with van der Waals surface area (Å²) < 4.78 is 5.28. The number of carbonyl (C=O) groups is 2. The van der Waals surface area contributed by atoms with Gasteiger partial charge in [-0.2, -0.15) is 5.10 Å². The number of hydrogen-bond donors (Lipinski definition) is 3. The van der Waals surface area contributed by atoms with Gasteiger partial charge in [0.05, 0.1) is 5.69 Å². The van der Waals surface area contributed by atoms with Gasteiger partial charge >= 0.3 is 0 Å². The van der Waals surface area contributed by atoms with Crippen LogP contribution in [-0.4, -0.2) is 28.4 Å². The fourth-order valence-electron chi connectivity index (χ4n) is 3.42. The van der Waals surface area contributed by atoms with Crippen LogP contribution < -0.4 is 11.1 Å². The van der Waals surface area contributed by atoms with Gasteiger partial charge in [0, 0.05) is 11.6 Å². The van der Waals surface area contributed by atoms with Gasteiger partial charge in [0.2, 0.25) is 0 Å². The van der Waals surface area contributed by atoms with E-state index in [2.05, 4.69) is 15.5 Å². The number of aldehydes is 1. The van der Waals surface area contributed by atoms with Gasteiger partial charge < -0.3 is 15.5 Å². The van der Waals surface area contributed by atoms with Crippen molar-refractivity contribution in [3.63, 3.8) is 0 Å². The molecular weight excluding hydrogens is 403 g/mol. The van der Waals surface area contributed by atoms with E-state index >= 15 is 0 Å². The van der Waals surface area contributed by atoms with E-state index in [0.717, 1.165) is 23.8 Å². The number of benzene rings is 1. The zero-order valence-corrected chi connectivity index (χ0v) is 16.1. The van der Waals surface area contributed by atoms with Crippen molar-refractivity contribution in [2.24, 2.45) is 5.73 Å². The van der Waals surface area contributed by atoms with E-state index in [4.69, 9.17) is 33.4 Å². The zero-order valence-electron chi connectivity index (χ0n) is 14.6. The Morgan fingerprint density at radius 2 is 2.14 bits per heavy atom. The zero-order chi connectivity index (χ0) is 19.8. The Labute approximate surface area is 170 Å². The minimum Gasteiger partial charge on any atom is -0.443 e. The van der Waals surface area contributed by atoms with E-state index in [0.29, 0.717) is 29.9 Å². The predicted molar refractivity (Wildman–Crippen MR) is 106 cm³/mol. The summed E-state index contributed by atoms with van der Waals surface area (Å²) in [5, 5.41) is 9.65. The average molecular weight is 419 g/mol. The molecule has 0 unspecified atom stereocenters. The van der Waals surface area contributed by atoms with Crippen LogP contribution in [0.2, 0.25) is 10.2 Å². The molecule has 4 N–H and O–H groups in total. The number of aromatic nitrogens is 2. The first-order valence-electron chi connectivity index (χ1n) is 8.64. The Hall–Kier alpha value is -2.61. The molecule has 9 heteroatoms. The number of anilines is 1. The molecule has 7 nitrogen and oxygen atoms in total. The lowest BCUT2D eigenvalue weighted by atomic mass is 9.85. The van der Waals surface area contributed by atoms with Crippen LogP contribution in [0.1, 0.15) is 38.4 Å². The van der Waals surface area contributed by atoms with Gasteiger partial charge in [-0.15, -0.1) is 0 Å². The number of carbonyl (C=O) groups excluding carboxylic acids is 2. The Morgan fingerprint density at radius 1 is 1.32 bits per heavy atom. The van der Waals surface area contributed by atoms with Gasteiger partial charge in [-0.05, 0) is 60.2 Å². The number of H-pyrrole nitrogens is 1. The lowest BCUT2D eigenvalue weighted by molar-refractivity contribution is 0.102. The normalized spacial score (nSPS) is 15.9. The van der Waals surface area contributed by atoms with Crippen molar-refractivity contribution in [2.45, 2.75) is 25.3 Å². The first kappa shape index (κ1) is 18.7. The van der Waals surface area contributed by atoms with Gasteiger partial charge in [-0.3, -0.25) is 14.7 Å². The molecule has 0 saturated heterocycles. The Balaban J connectivity index is 1.63. The predicted octanol–water partition coefficient (Wildman–Crippen LogP) is 3.86. The number of amides is 1. The molecule has 1 amide bonds. The number of fused-ring (bicyclic) bond motifs is 1. The van der Waals surface area contributed by atoms with Crippen molar-refractivity contribution in [3.05, 3.63) is 56.9 Å². The fraction of sp³-hybridized carbons (Fsp3) is 0.211. The molecule has 0 radical (unpaired) electrons. The highest BCUT2D eigenvalue weighted by molar-refractivity contribution is 6.36. The largest absolute Gasteiger partial charge is 0.443 e. The molecule has 144 valence electrons. The van der Waals surface area contributed by atoms with Gasteiger partial charge in [0.1, 0.15) is 16.4 Å². The first-order valence-corrected chi connectivity index (χ1v) is 9.40. The molecule has 1 aliphatic rings. The Morgan fingerprint density at radius 3 is 2.86 bits per heavy atom. The van der Waals surface area contributed by atoms with Crippen molar-refractivity contribution in [1.82, 2.24) is 10.2 Å². The molecule has 0 fully saturated rings. The van der Waals surface area contributed by atoms with Crippen LogP contribution in [0.5, 0.6) is 0 Å². The van der Waals surface area contributed by atoms with E-state index in [1.54, 1.807) is 18.2 Å². The summed E-state index contributed by atoms with van der Waals surface area (Å²) in [7, 11) is 0. The maximum Gasteiger partial charge on any atom is 0.275 e. The molecule has 0 aliphatic heterocycles. The summed E-state index contributed by atoms with van der Waals surface area (Å²) >= 11 is 12.1. The van der Waals surface area contributed by atoms with Gasteiger partial charge in [-0.25, -0.2) is 0 Å². The summed E-state index contributed by atoms with van der Waals surface area (Å²) in [4.78, 5) is 24.4. The van der Waals surface area contributed by atoms with Gasteiger partial charge in [0.15, 0.2) is 17.3 Å². The molecule has 1 aromatic carbocycles. The lowest BCUT2D eigenvalue weighted by Crippen LogP contribution is -2.28. The average Bonchev–Trinajstić information content (AvgIpc) is 3.27. The minimum absolute atomic E-state index is 0.0563. The topological polar surface area (TPSA) is 114 Å². The van der Waals surface area contributed by atoms with Crippen LogP contribution in [0.3, 0.4) is 0 Å². The molecule has 2 aromatic heterocycles. The number of halogens is 2. The third-order valence-electron chi connectivity index (χ3n) is 4.81. The van der Waals surface area contributed by atoms with Crippen molar-refractivity contribution >= 4 is 41.1 Å². The van der Waals surface area contributed by atoms with Crippen LogP contribution in [0.25, 0.3) is 11.5 Å². The van der Waals surface area contributed by atoms with Crippen molar-refractivity contribution in [3.8, 4) is 11.5 Å². The van der Waals surface area contributed by atoms with Crippen molar-refractivity contribution in [2.75, 3.05) is 5.32 Å². The highest BCUT2D eigenvalue weighted by atomic mass is 35.5. The summed E-state index contributed by atoms with van der Waals surface area (Å²) in [5.41, 5.74) is 9.18. The van der Waals surface area contributed by atoms with E-state index in [-0.39, 0.29) is 27.7 Å². The molecule has 4 rings (SSSR count). The van der Waals surface area contributed by atoms with E-state index in [9.17, 15) is 9.59 Å². The number of aromatic amines is 1. The Bertz CT molecular complexity index is 1070. The van der Waals surface area contributed by atoms with E-state index in [1.807, 2.05) is 6.07 Å². The molecule has 1 atom stereocenters. The van der Waals surface area contributed by atoms with Gasteiger partial charge in [-0.1, -0.05) is 17.7 Å². The van der Waals surface area contributed by atoms with Crippen LogP contribution in [0.15, 0.2) is 28.7 Å². The SMILES string of the molecule is N[C@H]1CCc2c(ccc(NC(=O)c3[nH]nc(-c4ccc(Cl)o4)c3Cl)c2C=O)C1. The monoisotopic (exact) mass is 418 g/mol. The molecule has 0 spiro atoms. The summed E-state index contributed by atoms with van der Waals surface area (Å²) in [6.07, 6.45) is 2.97.